The first-order valence-electron chi connectivity index (χ1n) is 11.6. The van der Waals surface area contributed by atoms with Crippen LogP contribution in [0.5, 0.6) is 11.6 Å². The number of hydrogen-bond donors (Lipinski definition) is 1. The lowest BCUT2D eigenvalue weighted by atomic mass is 9.90. The summed E-state index contributed by atoms with van der Waals surface area (Å²) in [7, 11) is 0. The molecule has 8 nitrogen and oxygen atoms in total. The highest BCUT2D eigenvalue weighted by molar-refractivity contribution is 7.16. The van der Waals surface area contributed by atoms with Crippen molar-refractivity contribution in [1.29, 1.82) is 0 Å². The van der Waals surface area contributed by atoms with Crippen LogP contribution in [0.15, 0.2) is 23.0 Å². The maximum atomic E-state index is 14.8. The van der Waals surface area contributed by atoms with Gasteiger partial charge in [-0.25, -0.2) is 4.39 Å². The van der Waals surface area contributed by atoms with Crippen LogP contribution in [-0.4, -0.2) is 58.6 Å². The molecule has 0 amide bonds. The summed E-state index contributed by atoms with van der Waals surface area (Å²) < 4.78 is 28.5. The summed E-state index contributed by atoms with van der Waals surface area (Å²) in [5, 5.41) is 11.9. The van der Waals surface area contributed by atoms with E-state index in [9.17, 15) is 9.18 Å². The quantitative estimate of drug-likeness (QED) is 0.528. The lowest BCUT2D eigenvalue weighted by molar-refractivity contribution is 0.161. The Labute approximate surface area is 218 Å². The van der Waals surface area contributed by atoms with E-state index in [2.05, 4.69) is 20.4 Å². The fraction of sp³-hybridized carbons (Fsp3) is 0.522. The van der Waals surface area contributed by atoms with Crippen molar-refractivity contribution < 1.29 is 13.9 Å². The largest absolute Gasteiger partial charge is 0.484 e. The number of aromatic nitrogens is 3. The summed E-state index contributed by atoms with van der Waals surface area (Å²) in [6.07, 6.45) is 2.86. The second-order valence-corrected chi connectivity index (χ2v) is 9.96. The van der Waals surface area contributed by atoms with Crippen molar-refractivity contribution in [2.45, 2.75) is 44.3 Å². The Kier molecular flexibility index (Phi) is 8.17. The van der Waals surface area contributed by atoms with Gasteiger partial charge in [0.1, 0.15) is 19.0 Å². The number of thiazole rings is 1. The second-order valence-electron chi connectivity index (χ2n) is 8.97. The van der Waals surface area contributed by atoms with Crippen LogP contribution in [0, 0.1) is 5.82 Å². The van der Waals surface area contributed by atoms with Gasteiger partial charge in [0.2, 0.25) is 0 Å². The van der Waals surface area contributed by atoms with E-state index < -0.39 is 0 Å². The topological polar surface area (TPSA) is 81.5 Å². The zero-order valence-corrected chi connectivity index (χ0v) is 21.5. The lowest BCUT2D eigenvalue weighted by Crippen LogP contribution is -2.44. The summed E-state index contributed by atoms with van der Waals surface area (Å²) in [5.74, 6) is 1.07. The zero-order chi connectivity index (χ0) is 22.4. The van der Waals surface area contributed by atoms with Gasteiger partial charge in [-0.1, -0.05) is 11.3 Å². The molecule has 1 unspecified atom stereocenters. The first kappa shape index (κ1) is 26.1. The van der Waals surface area contributed by atoms with E-state index in [-0.39, 0.29) is 41.4 Å². The van der Waals surface area contributed by atoms with Gasteiger partial charge in [0.05, 0.1) is 15.9 Å². The Morgan fingerprint density at radius 3 is 2.71 bits per heavy atom. The summed E-state index contributed by atoms with van der Waals surface area (Å²) in [5.41, 5.74) is 2.39. The van der Waals surface area contributed by atoms with Crippen LogP contribution in [0.3, 0.4) is 0 Å². The number of rotatable bonds is 5. The van der Waals surface area contributed by atoms with E-state index in [0.29, 0.717) is 44.0 Å². The highest BCUT2D eigenvalue weighted by atomic mass is 35.5. The first-order valence-corrected chi connectivity index (χ1v) is 12.4. The van der Waals surface area contributed by atoms with Crippen LogP contribution in [-0.2, 0) is 13.1 Å². The Hall–Kier alpha value is -1.98. The maximum Gasteiger partial charge on any atom is 0.308 e. The normalized spacial score (nSPS) is 19.7. The number of aryl methyl sites for hydroxylation is 1. The molecule has 190 valence electrons. The molecule has 0 saturated carbocycles. The van der Waals surface area contributed by atoms with Crippen LogP contribution in [0.2, 0.25) is 0 Å². The molecule has 0 bridgehead atoms. The van der Waals surface area contributed by atoms with E-state index in [1.54, 1.807) is 10.6 Å². The van der Waals surface area contributed by atoms with Gasteiger partial charge < -0.3 is 19.7 Å². The predicted molar refractivity (Wildman–Crippen MR) is 137 cm³/mol. The lowest BCUT2D eigenvalue weighted by Gasteiger charge is -2.36. The fourth-order valence-corrected chi connectivity index (χ4v) is 6.16. The predicted octanol–water partition coefficient (Wildman–Crippen LogP) is 3.35. The van der Waals surface area contributed by atoms with Crippen molar-refractivity contribution in [2.24, 2.45) is 0 Å². The standard InChI is InChI=1S/C23H26FN5O3S.2ClH/c24-17-1-2-19-21-20(17)14(3-8-29(21)23(30)33-19)13-28-6-4-15(5-7-28)25-12-16-11-18-22(27-26-16)32-10-9-31-18;;/h1-2,11,14-15,25H,3-10,12-13H2;2*1H. The molecule has 1 N–H and O–H groups in total. The number of hydrogen-bond acceptors (Lipinski definition) is 8. The molecular weight excluding hydrogens is 516 g/mol. The molecule has 1 fully saturated rings. The molecule has 0 spiro atoms. The van der Waals surface area contributed by atoms with Gasteiger partial charge in [0, 0.05) is 43.2 Å². The van der Waals surface area contributed by atoms with E-state index in [0.717, 1.165) is 60.4 Å². The van der Waals surface area contributed by atoms with E-state index in [4.69, 9.17) is 9.47 Å². The molecule has 2 aromatic heterocycles. The second kappa shape index (κ2) is 11.0. The van der Waals surface area contributed by atoms with Gasteiger partial charge in [-0.15, -0.1) is 29.9 Å². The van der Waals surface area contributed by atoms with Crippen LogP contribution < -0.4 is 19.7 Å². The highest BCUT2D eigenvalue weighted by Gasteiger charge is 2.30. The van der Waals surface area contributed by atoms with Crippen LogP contribution in [0.1, 0.15) is 36.4 Å². The van der Waals surface area contributed by atoms with Crippen LogP contribution in [0.25, 0.3) is 10.2 Å². The van der Waals surface area contributed by atoms with Gasteiger partial charge in [0.25, 0.3) is 5.88 Å². The Morgan fingerprint density at radius 2 is 1.89 bits per heavy atom. The van der Waals surface area contributed by atoms with Gasteiger partial charge in [-0.3, -0.25) is 9.36 Å². The molecule has 1 saturated heterocycles. The third-order valence-electron chi connectivity index (χ3n) is 6.92. The van der Waals surface area contributed by atoms with Crippen molar-refractivity contribution in [3.8, 4) is 11.6 Å². The van der Waals surface area contributed by atoms with Crippen molar-refractivity contribution in [3.63, 3.8) is 0 Å². The zero-order valence-electron chi connectivity index (χ0n) is 19.1. The molecule has 6 rings (SSSR count). The number of nitrogens with one attached hydrogen (secondary N) is 1. The summed E-state index contributed by atoms with van der Waals surface area (Å²) in [4.78, 5) is 14.7. The molecule has 5 heterocycles. The Morgan fingerprint density at radius 1 is 1.09 bits per heavy atom. The molecular formula is C23H28Cl2FN5O3S. The first-order chi connectivity index (χ1) is 16.2. The molecule has 3 aliphatic heterocycles. The molecule has 1 atom stereocenters. The van der Waals surface area contributed by atoms with Gasteiger partial charge >= 0.3 is 4.87 Å². The van der Waals surface area contributed by atoms with E-state index >= 15 is 0 Å². The fourth-order valence-electron chi connectivity index (χ4n) is 5.23. The van der Waals surface area contributed by atoms with Crippen molar-refractivity contribution in [2.75, 3.05) is 32.8 Å². The number of halogens is 3. The number of piperidine rings is 1. The summed E-state index contributed by atoms with van der Waals surface area (Å²) in [6.45, 7) is 5.13. The molecule has 12 heteroatoms. The minimum absolute atomic E-state index is 0. The number of ether oxygens (including phenoxy) is 2. The molecule has 35 heavy (non-hydrogen) atoms. The maximum absolute atomic E-state index is 14.8. The number of likely N-dealkylation sites (tertiary alicyclic amines) is 1. The summed E-state index contributed by atoms with van der Waals surface area (Å²) in [6, 6.07) is 5.56. The number of fused-ring (bicyclic) bond motifs is 1. The molecule has 3 aromatic rings. The summed E-state index contributed by atoms with van der Waals surface area (Å²) >= 11 is 1.22. The number of benzene rings is 1. The van der Waals surface area contributed by atoms with Crippen LogP contribution in [0.4, 0.5) is 4.39 Å². The van der Waals surface area contributed by atoms with Crippen LogP contribution >= 0.6 is 36.2 Å². The van der Waals surface area contributed by atoms with Gasteiger partial charge in [-0.05, 0) is 44.5 Å². The van der Waals surface area contributed by atoms with E-state index in [1.165, 1.54) is 17.4 Å². The monoisotopic (exact) mass is 543 g/mol. The van der Waals surface area contributed by atoms with Gasteiger partial charge in [-0.2, -0.15) is 5.10 Å². The number of nitrogens with zero attached hydrogens (tertiary/aromatic N) is 4. The molecule has 0 radical (unpaired) electrons. The van der Waals surface area contributed by atoms with Gasteiger partial charge in [0.15, 0.2) is 5.75 Å². The smallest absolute Gasteiger partial charge is 0.308 e. The molecule has 1 aromatic carbocycles. The highest BCUT2D eigenvalue weighted by Crippen LogP contribution is 2.36. The third kappa shape index (κ3) is 5.13. The minimum atomic E-state index is -0.184. The van der Waals surface area contributed by atoms with Crippen molar-refractivity contribution >= 4 is 46.4 Å². The molecule has 3 aliphatic rings. The van der Waals surface area contributed by atoms with Crippen molar-refractivity contribution in [1.82, 2.24) is 25.0 Å². The Balaban J connectivity index is 0.00000144. The minimum Gasteiger partial charge on any atom is -0.484 e. The SMILES string of the molecule is Cl.Cl.O=c1sc2ccc(F)c3c2n1CCC3CN1CCC(NCc2cc3c(nn2)OCCO3)CC1. The average molecular weight is 544 g/mol. The third-order valence-corrected chi connectivity index (χ3v) is 7.86. The Bertz CT molecular complexity index is 1250. The van der Waals surface area contributed by atoms with Crippen molar-refractivity contribution in [3.05, 3.63) is 44.9 Å². The average Bonchev–Trinajstić information content (AvgIpc) is 3.17. The van der Waals surface area contributed by atoms with E-state index in [1.807, 2.05) is 6.07 Å². The molecule has 0 aliphatic carbocycles.